The minimum absolute atomic E-state index is 0.200. The van der Waals surface area contributed by atoms with E-state index in [9.17, 15) is 0 Å². The van der Waals surface area contributed by atoms with Crippen molar-refractivity contribution in [3.05, 3.63) is 56.4 Å². The molecule has 2 heterocycles. The zero-order valence-corrected chi connectivity index (χ0v) is 12.2. The lowest BCUT2D eigenvalue weighted by Gasteiger charge is -2.04. The molecule has 18 heavy (non-hydrogen) atoms. The van der Waals surface area contributed by atoms with Gasteiger partial charge < -0.3 is 10.2 Å². The Morgan fingerprint density at radius 1 is 1.28 bits per heavy atom. The summed E-state index contributed by atoms with van der Waals surface area (Å²) < 4.78 is 6.87. The molecule has 3 aromatic rings. The van der Waals surface area contributed by atoms with Crippen LogP contribution in [0.3, 0.4) is 0 Å². The fourth-order valence-corrected chi connectivity index (χ4v) is 3.42. The quantitative estimate of drug-likeness (QED) is 0.748. The van der Waals surface area contributed by atoms with E-state index in [4.69, 9.17) is 10.2 Å². The summed E-state index contributed by atoms with van der Waals surface area (Å²) in [5.74, 6) is 0.810. The van der Waals surface area contributed by atoms with Gasteiger partial charge >= 0.3 is 0 Å². The number of halogens is 1. The summed E-state index contributed by atoms with van der Waals surface area (Å²) in [6, 6.07) is 10.0. The maximum Gasteiger partial charge on any atom is 0.134 e. The Balaban J connectivity index is 2.03. The molecule has 0 aliphatic heterocycles. The molecule has 0 saturated heterocycles. The minimum atomic E-state index is -0.200. The Kier molecular flexibility index (Phi) is 3.01. The van der Waals surface area contributed by atoms with E-state index in [1.54, 1.807) is 11.3 Å². The van der Waals surface area contributed by atoms with Crippen molar-refractivity contribution in [2.45, 2.75) is 13.0 Å². The Hall–Kier alpha value is -1.10. The van der Waals surface area contributed by atoms with Crippen molar-refractivity contribution < 1.29 is 4.42 Å². The Bertz CT molecular complexity index is 701. The van der Waals surface area contributed by atoms with Crippen molar-refractivity contribution in [2.24, 2.45) is 5.73 Å². The molecular weight excluding hydrogens is 310 g/mol. The molecule has 1 atom stereocenters. The van der Waals surface area contributed by atoms with Crippen LogP contribution in [-0.2, 0) is 0 Å². The second-order valence-corrected chi connectivity index (χ2v) is 6.19. The number of furan rings is 1. The van der Waals surface area contributed by atoms with Gasteiger partial charge in [0.15, 0.2) is 0 Å². The Morgan fingerprint density at radius 3 is 2.83 bits per heavy atom. The van der Waals surface area contributed by atoms with Crippen molar-refractivity contribution in [1.29, 1.82) is 0 Å². The monoisotopic (exact) mass is 321 g/mol. The fourth-order valence-electron chi connectivity index (χ4n) is 1.97. The maximum atomic E-state index is 6.23. The van der Waals surface area contributed by atoms with Crippen molar-refractivity contribution >= 4 is 38.2 Å². The second-order valence-electron chi connectivity index (χ2n) is 4.34. The molecule has 92 valence electrons. The predicted octanol–water partition coefficient (Wildman–Crippen LogP) is 4.61. The van der Waals surface area contributed by atoms with Gasteiger partial charge in [0, 0.05) is 20.1 Å². The summed E-state index contributed by atoms with van der Waals surface area (Å²) >= 11 is 5.08. The summed E-state index contributed by atoms with van der Waals surface area (Å²) in [6.45, 7) is 2.07. The highest BCUT2D eigenvalue weighted by molar-refractivity contribution is 9.10. The first-order valence-corrected chi connectivity index (χ1v) is 7.30. The van der Waals surface area contributed by atoms with E-state index in [1.165, 1.54) is 5.56 Å². The SMILES string of the molecule is Cc1ccc2oc(C(N)c3cc(Br)cs3)cc2c1. The van der Waals surface area contributed by atoms with Gasteiger partial charge in [0.05, 0.1) is 6.04 Å². The molecule has 1 aromatic carbocycles. The van der Waals surface area contributed by atoms with Gasteiger partial charge in [-0.1, -0.05) is 11.6 Å². The third-order valence-corrected chi connectivity index (χ3v) is 4.67. The average Bonchev–Trinajstić information content (AvgIpc) is 2.93. The van der Waals surface area contributed by atoms with Gasteiger partial charge in [-0.15, -0.1) is 11.3 Å². The van der Waals surface area contributed by atoms with Crippen LogP contribution in [0.4, 0.5) is 0 Å². The van der Waals surface area contributed by atoms with Crippen molar-refractivity contribution in [2.75, 3.05) is 0 Å². The third kappa shape index (κ3) is 2.11. The van der Waals surface area contributed by atoms with Crippen LogP contribution in [0.1, 0.15) is 22.2 Å². The zero-order valence-electron chi connectivity index (χ0n) is 9.81. The number of benzene rings is 1. The van der Waals surface area contributed by atoms with Crippen LogP contribution >= 0.6 is 27.3 Å². The number of rotatable bonds is 2. The number of aryl methyl sites for hydroxylation is 1. The number of hydrogen-bond donors (Lipinski definition) is 1. The van der Waals surface area contributed by atoms with Gasteiger partial charge in [-0.2, -0.15) is 0 Å². The van der Waals surface area contributed by atoms with E-state index >= 15 is 0 Å². The van der Waals surface area contributed by atoms with Gasteiger partial charge in [0.25, 0.3) is 0 Å². The van der Waals surface area contributed by atoms with Gasteiger partial charge in [-0.3, -0.25) is 0 Å². The maximum absolute atomic E-state index is 6.23. The van der Waals surface area contributed by atoms with Crippen LogP contribution in [0.15, 0.2) is 44.6 Å². The molecule has 4 heteroatoms. The second kappa shape index (κ2) is 4.53. The molecule has 0 fully saturated rings. The standard InChI is InChI=1S/C14H12BrNOS/c1-8-2-3-11-9(4-8)5-12(17-11)14(16)13-6-10(15)7-18-13/h2-7,14H,16H2,1H3. The smallest absolute Gasteiger partial charge is 0.134 e. The third-order valence-electron chi connectivity index (χ3n) is 2.89. The van der Waals surface area contributed by atoms with E-state index in [1.807, 2.05) is 29.6 Å². The predicted molar refractivity (Wildman–Crippen MR) is 79.0 cm³/mol. The van der Waals surface area contributed by atoms with Gasteiger partial charge in [0.1, 0.15) is 11.3 Å². The van der Waals surface area contributed by atoms with Gasteiger partial charge in [-0.05, 0) is 47.1 Å². The molecule has 2 N–H and O–H groups in total. The van der Waals surface area contributed by atoms with Crippen molar-refractivity contribution in [1.82, 2.24) is 0 Å². The van der Waals surface area contributed by atoms with Crippen molar-refractivity contribution in [3.8, 4) is 0 Å². The first-order valence-electron chi connectivity index (χ1n) is 5.63. The molecule has 0 saturated carbocycles. The molecule has 0 spiro atoms. The van der Waals surface area contributed by atoms with E-state index in [2.05, 4.69) is 28.9 Å². The first kappa shape index (κ1) is 12.0. The molecule has 0 aliphatic carbocycles. The van der Waals surface area contributed by atoms with E-state index in [0.29, 0.717) is 0 Å². The molecule has 3 rings (SSSR count). The molecule has 1 unspecified atom stereocenters. The highest BCUT2D eigenvalue weighted by Crippen LogP contribution is 2.31. The first-order chi connectivity index (χ1) is 8.63. The van der Waals surface area contributed by atoms with Crippen molar-refractivity contribution in [3.63, 3.8) is 0 Å². The van der Waals surface area contributed by atoms with Gasteiger partial charge in [0.2, 0.25) is 0 Å². The number of thiophene rings is 1. The zero-order chi connectivity index (χ0) is 12.7. The Morgan fingerprint density at radius 2 is 2.11 bits per heavy atom. The van der Waals surface area contributed by atoms with Crippen LogP contribution in [0.5, 0.6) is 0 Å². The summed E-state index contributed by atoms with van der Waals surface area (Å²) in [5, 5.41) is 3.14. The Labute approximate surface area is 118 Å². The highest BCUT2D eigenvalue weighted by atomic mass is 79.9. The topological polar surface area (TPSA) is 39.2 Å². The van der Waals surface area contributed by atoms with Crippen LogP contribution in [0.2, 0.25) is 0 Å². The lowest BCUT2D eigenvalue weighted by molar-refractivity contribution is 0.528. The average molecular weight is 322 g/mol. The summed E-state index contributed by atoms with van der Waals surface area (Å²) in [4.78, 5) is 1.10. The molecule has 2 nitrogen and oxygen atoms in total. The molecular formula is C14H12BrNOS. The molecule has 0 aliphatic rings. The number of hydrogen-bond acceptors (Lipinski definition) is 3. The normalized spacial score (nSPS) is 13.1. The fraction of sp³-hybridized carbons (Fsp3) is 0.143. The molecule has 0 amide bonds. The van der Waals surface area contributed by atoms with E-state index < -0.39 is 0 Å². The summed E-state index contributed by atoms with van der Waals surface area (Å²) in [6.07, 6.45) is 0. The lowest BCUT2D eigenvalue weighted by atomic mass is 10.1. The largest absolute Gasteiger partial charge is 0.459 e. The highest BCUT2D eigenvalue weighted by Gasteiger charge is 2.16. The van der Waals surface area contributed by atoms with E-state index in [-0.39, 0.29) is 6.04 Å². The number of nitrogens with two attached hydrogens (primary N) is 1. The van der Waals surface area contributed by atoms with Crippen LogP contribution in [0.25, 0.3) is 11.0 Å². The summed E-state index contributed by atoms with van der Waals surface area (Å²) in [7, 11) is 0. The van der Waals surface area contributed by atoms with Crippen LogP contribution < -0.4 is 5.73 Å². The summed E-state index contributed by atoms with van der Waals surface area (Å²) in [5.41, 5.74) is 8.34. The lowest BCUT2D eigenvalue weighted by Crippen LogP contribution is -2.08. The van der Waals surface area contributed by atoms with E-state index in [0.717, 1.165) is 26.1 Å². The number of fused-ring (bicyclic) bond motifs is 1. The molecule has 0 bridgehead atoms. The van der Waals surface area contributed by atoms with Crippen LogP contribution in [0, 0.1) is 6.92 Å². The molecule has 2 aromatic heterocycles. The van der Waals surface area contributed by atoms with Crippen LogP contribution in [-0.4, -0.2) is 0 Å². The van der Waals surface area contributed by atoms with Gasteiger partial charge in [-0.25, -0.2) is 0 Å². The minimum Gasteiger partial charge on any atom is -0.459 e. The molecule has 0 radical (unpaired) electrons.